The molecule has 8 nitrogen and oxygen atoms in total. The van der Waals surface area contributed by atoms with E-state index in [0.717, 1.165) is 30.5 Å². The molecule has 0 aliphatic heterocycles. The molecule has 4 aromatic rings. The van der Waals surface area contributed by atoms with Crippen LogP contribution in [0.25, 0.3) is 22.1 Å². The van der Waals surface area contributed by atoms with E-state index in [1.54, 1.807) is 12.1 Å². The Morgan fingerprint density at radius 2 is 1.83 bits per heavy atom. The fraction of sp³-hybridized carbons (Fsp3) is 0.174. The van der Waals surface area contributed by atoms with Gasteiger partial charge in [0.2, 0.25) is 11.0 Å². The molecular formula is C23H18F4N4O4S. The summed E-state index contributed by atoms with van der Waals surface area (Å²) in [6.07, 6.45) is -2.04. The summed E-state index contributed by atoms with van der Waals surface area (Å²) in [5.41, 5.74) is 0.493. The lowest BCUT2D eigenvalue weighted by atomic mass is 10.1. The van der Waals surface area contributed by atoms with Gasteiger partial charge in [0, 0.05) is 29.4 Å². The molecule has 0 bridgehead atoms. The summed E-state index contributed by atoms with van der Waals surface area (Å²) in [6, 6.07) is 8.78. The zero-order valence-corrected chi connectivity index (χ0v) is 19.3. The van der Waals surface area contributed by atoms with Gasteiger partial charge in [-0.2, -0.15) is 17.9 Å². The van der Waals surface area contributed by atoms with Crippen molar-refractivity contribution < 1.29 is 35.2 Å². The molecule has 0 aliphatic rings. The lowest BCUT2D eigenvalue weighted by molar-refractivity contribution is -0.141. The second kappa shape index (κ2) is 9.66. The number of aromatic nitrogens is 2. The number of carbonyl (C=O) groups excluding carboxylic acids is 1. The number of nitrogens with one attached hydrogen (secondary N) is 2. The first-order valence-electron chi connectivity index (χ1n) is 10.4. The highest BCUT2D eigenvalue weighted by atomic mass is 32.2. The van der Waals surface area contributed by atoms with Crippen LogP contribution in [0.5, 0.6) is 0 Å². The van der Waals surface area contributed by atoms with Gasteiger partial charge in [-0.3, -0.25) is 14.8 Å². The lowest BCUT2D eigenvalue weighted by Gasteiger charge is -2.13. The van der Waals surface area contributed by atoms with Crippen LogP contribution in [0.1, 0.15) is 18.3 Å². The van der Waals surface area contributed by atoms with Gasteiger partial charge in [0.1, 0.15) is 17.1 Å². The predicted molar refractivity (Wildman–Crippen MR) is 120 cm³/mol. The van der Waals surface area contributed by atoms with E-state index in [2.05, 4.69) is 20.0 Å². The second-order valence-corrected chi connectivity index (χ2v) is 9.42. The second-order valence-electron chi connectivity index (χ2n) is 7.77. The minimum atomic E-state index is -4.55. The van der Waals surface area contributed by atoms with Crippen molar-refractivity contribution in [1.29, 1.82) is 0 Å². The molecule has 0 fully saturated rings. The topological polar surface area (TPSA) is 114 Å². The van der Waals surface area contributed by atoms with E-state index in [-0.39, 0.29) is 17.5 Å². The number of amides is 1. The molecule has 3 aromatic heterocycles. The van der Waals surface area contributed by atoms with Crippen molar-refractivity contribution in [3.05, 3.63) is 78.1 Å². The first-order valence-corrected chi connectivity index (χ1v) is 11.9. The number of hydrogen-bond acceptors (Lipinski definition) is 6. The summed E-state index contributed by atoms with van der Waals surface area (Å²) >= 11 is 0. The highest BCUT2D eigenvalue weighted by molar-refractivity contribution is 7.89. The van der Waals surface area contributed by atoms with Crippen LogP contribution in [-0.4, -0.2) is 30.3 Å². The van der Waals surface area contributed by atoms with Gasteiger partial charge in [-0.1, -0.05) is 6.07 Å². The molecule has 1 atom stereocenters. The molecule has 3 heterocycles. The Hall–Kier alpha value is -3.84. The molecule has 0 aliphatic carbocycles. The molecular weight excluding hydrogens is 504 g/mol. The number of hydrogen-bond donors (Lipinski definition) is 2. The third kappa shape index (κ3) is 5.69. The highest BCUT2D eigenvalue weighted by Crippen LogP contribution is 2.29. The molecule has 0 saturated heterocycles. The highest BCUT2D eigenvalue weighted by Gasteiger charge is 2.32. The largest absolute Gasteiger partial charge is 0.443 e. The maximum absolute atomic E-state index is 13.4. The van der Waals surface area contributed by atoms with Crippen LogP contribution in [0.2, 0.25) is 0 Å². The van der Waals surface area contributed by atoms with E-state index in [1.165, 1.54) is 25.3 Å². The van der Waals surface area contributed by atoms with Gasteiger partial charge in [0.25, 0.3) is 10.0 Å². The minimum absolute atomic E-state index is 0.0727. The lowest BCUT2D eigenvalue weighted by Crippen LogP contribution is -2.44. The zero-order valence-electron chi connectivity index (χ0n) is 18.5. The van der Waals surface area contributed by atoms with Crippen molar-refractivity contribution in [2.45, 2.75) is 30.8 Å². The number of alkyl halides is 3. The first-order chi connectivity index (χ1) is 16.9. The van der Waals surface area contributed by atoms with E-state index < -0.39 is 44.8 Å². The van der Waals surface area contributed by atoms with Crippen LogP contribution >= 0.6 is 0 Å². The Morgan fingerprint density at radius 3 is 2.53 bits per heavy atom. The molecule has 4 rings (SSSR count). The van der Waals surface area contributed by atoms with E-state index in [1.807, 2.05) is 0 Å². The monoisotopic (exact) mass is 522 g/mol. The van der Waals surface area contributed by atoms with Gasteiger partial charge in [-0.25, -0.2) is 12.8 Å². The van der Waals surface area contributed by atoms with Gasteiger partial charge in [0.15, 0.2) is 0 Å². The molecule has 1 amide bonds. The fourth-order valence-corrected chi connectivity index (χ4v) is 4.45. The smallest absolute Gasteiger partial charge is 0.433 e. The Bertz CT molecular complexity index is 1520. The van der Waals surface area contributed by atoms with Crippen LogP contribution in [0.3, 0.4) is 0 Å². The number of fused-ring (bicyclic) bond motifs is 1. The molecule has 0 spiro atoms. The molecule has 188 valence electrons. The van der Waals surface area contributed by atoms with Crippen LogP contribution in [-0.2, 0) is 27.5 Å². The van der Waals surface area contributed by atoms with Crippen molar-refractivity contribution in [1.82, 2.24) is 20.0 Å². The summed E-state index contributed by atoms with van der Waals surface area (Å²) in [6.45, 7) is 1.25. The molecule has 0 unspecified atom stereocenters. The Balaban J connectivity index is 1.39. The summed E-state index contributed by atoms with van der Waals surface area (Å²) < 4.78 is 84.1. The van der Waals surface area contributed by atoms with Crippen LogP contribution < -0.4 is 10.0 Å². The number of pyridine rings is 2. The summed E-state index contributed by atoms with van der Waals surface area (Å²) in [7, 11) is -4.22. The van der Waals surface area contributed by atoms with Crippen molar-refractivity contribution in [3.63, 3.8) is 0 Å². The van der Waals surface area contributed by atoms with E-state index >= 15 is 0 Å². The third-order valence-corrected chi connectivity index (χ3v) is 6.49. The van der Waals surface area contributed by atoms with Crippen molar-refractivity contribution in [2.24, 2.45) is 0 Å². The van der Waals surface area contributed by atoms with Gasteiger partial charge < -0.3 is 9.73 Å². The number of halogens is 4. The van der Waals surface area contributed by atoms with Gasteiger partial charge in [0.05, 0.1) is 18.3 Å². The summed E-state index contributed by atoms with van der Waals surface area (Å²) in [5, 5.41) is 2.32. The van der Waals surface area contributed by atoms with E-state index in [0.29, 0.717) is 16.8 Å². The number of rotatable bonds is 7. The molecule has 1 aromatic carbocycles. The molecule has 0 saturated carbocycles. The van der Waals surface area contributed by atoms with Crippen molar-refractivity contribution in [2.75, 3.05) is 0 Å². The van der Waals surface area contributed by atoms with Crippen LogP contribution in [0.4, 0.5) is 17.6 Å². The number of benzene rings is 1. The predicted octanol–water partition coefficient (Wildman–Crippen LogP) is 4.03. The average Bonchev–Trinajstić information content (AvgIpc) is 3.26. The Labute approximate surface area is 202 Å². The quantitative estimate of drug-likeness (QED) is 0.354. The standard InChI is InChI=1S/C23H18F4N4O4S/c1-13(31-36(33,34)21-10-16-8-17(24)3-4-19(16)35-21)22(32)30-12-18-9-14(6-7-28-18)15-2-5-20(29-11-15)23(25,26)27/h2-11,13,31H,12H2,1H3,(H,30,32)/t13-/m0/s1. The number of furan rings is 1. The molecule has 13 heteroatoms. The van der Waals surface area contributed by atoms with E-state index in [4.69, 9.17) is 4.42 Å². The van der Waals surface area contributed by atoms with Gasteiger partial charge in [-0.15, -0.1) is 0 Å². The van der Waals surface area contributed by atoms with Crippen LogP contribution in [0.15, 0.2) is 70.4 Å². The maximum Gasteiger partial charge on any atom is 0.433 e. The minimum Gasteiger partial charge on any atom is -0.443 e. The van der Waals surface area contributed by atoms with E-state index in [9.17, 15) is 30.8 Å². The van der Waals surface area contributed by atoms with Crippen LogP contribution in [0, 0.1) is 5.82 Å². The van der Waals surface area contributed by atoms with Gasteiger partial charge in [-0.05, 0) is 48.9 Å². The third-order valence-electron chi connectivity index (χ3n) is 5.09. The first kappa shape index (κ1) is 25.3. The fourth-order valence-electron chi connectivity index (χ4n) is 3.28. The normalized spacial score (nSPS) is 13.0. The Kier molecular flexibility index (Phi) is 6.78. The maximum atomic E-state index is 13.4. The zero-order chi connectivity index (χ0) is 26.1. The summed E-state index contributed by atoms with van der Waals surface area (Å²) in [5.74, 6) is -1.22. The number of carbonyl (C=O) groups is 1. The molecule has 2 N–H and O–H groups in total. The van der Waals surface area contributed by atoms with Gasteiger partial charge >= 0.3 is 6.18 Å². The number of sulfonamides is 1. The SMILES string of the molecule is C[C@H](NS(=O)(=O)c1cc2cc(F)ccc2o1)C(=O)NCc1cc(-c2ccc(C(F)(F)F)nc2)ccn1. The molecule has 36 heavy (non-hydrogen) atoms. The summed E-state index contributed by atoms with van der Waals surface area (Å²) in [4.78, 5) is 20.0. The molecule has 0 radical (unpaired) electrons. The van der Waals surface area contributed by atoms with Crippen molar-refractivity contribution in [3.8, 4) is 11.1 Å². The number of nitrogens with zero attached hydrogens (tertiary/aromatic N) is 2. The Morgan fingerprint density at radius 1 is 1.06 bits per heavy atom. The average molecular weight is 522 g/mol. The van der Waals surface area contributed by atoms with Crippen molar-refractivity contribution >= 4 is 26.9 Å².